The average Bonchev–Trinajstić information content (AvgIpc) is 2.64. The van der Waals surface area contributed by atoms with Crippen LogP contribution in [0.1, 0.15) is 24.1 Å². The molecule has 0 aliphatic heterocycles. The number of ether oxygens (including phenoxy) is 1. The number of carbonyl (C=O) groups is 1. The van der Waals surface area contributed by atoms with Gasteiger partial charge in [0.15, 0.2) is 0 Å². The molecule has 0 aliphatic carbocycles. The first kappa shape index (κ1) is 17.7. The lowest BCUT2D eigenvalue weighted by atomic mass is 10.0. The van der Waals surface area contributed by atoms with Crippen molar-refractivity contribution in [1.82, 2.24) is 14.9 Å². The van der Waals surface area contributed by atoms with Gasteiger partial charge in [-0.15, -0.1) is 0 Å². The summed E-state index contributed by atoms with van der Waals surface area (Å²) in [6.07, 6.45) is 1.40. The third-order valence-electron chi connectivity index (χ3n) is 4.27. The average molecular weight is 351 g/mol. The highest BCUT2D eigenvalue weighted by molar-refractivity contribution is 5.79. The summed E-state index contributed by atoms with van der Waals surface area (Å²) in [6, 6.07) is 12.6. The van der Waals surface area contributed by atoms with E-state index in [9.17, 15) is 9.59 Å². The Morgan fingerprint density at radius 2 is 2.04 bits per heavy atom. The Hall–Kier alpha value is -3.15. The molecule has 1 N–H and O–H groups in total. The Balaban J connectivity index is 1.78. The summed E-state index contributed by atoms with van der Waals surface area (Å²) in [5, 5.41) is 3.41. The molecule has 0 spiro atoms. The number of methoxy groups -OCH3 is 1. The topological polar surface area (TPSA) is 73.2 Å². The number of aryl methyl sites for hydroxylation is 1. The number of benzene rings is 2. The first-order valence-corrected chi connectivity index (χ1v) is 8.37. The first-order valence-electron chi connectivity index (χ1n) is 8.37. The van der Waals surface area contributed by atoms with Crippen LogP contribution in [0.2, 0.25) is 0 Å². The standard InChI is InChI=1S/C20H21N3O3/c1-13-8-9-18(26-3)16(10-13)14(2)22-19(24)11-23-12-21-17-7-5-4-6-15(17)20(23)25/h4-10,12,14H,11H2,1-3H3,(H,22,24)/t14-/m0/s1. The molecular formula is C20H21N3O3. The predicted molar refractivity (Wildman–Crippen MR) is 100 cm³/mol. The number of carbonyl (C=O) groups excluding carboxylic acids is 1. The van der Waals surface area contributed by atoms with Gasteiger partial charge in [-0.3, -0.25) is 14.2 Å². The number of hydrogen-bond acceptors (Lipinski definition) is 4. The maximum Gasteiger partial charge on any atom is 0.261 e. The van der Waals surface area contributed by atoms with Crippen molar-refractivity contribution in [2.75, 3.05) is 7.11 Å². The maximum atomic E-state index is 12.5. The Kier molecular flexibility index (Phi) is 5.02. The molecule has 0 radical (unpaired) electrons. The Labute approximate surface area is 151 Å². The number of amides is 1. The van der Waals surface area contributed by atoms with Gasteiger partial charge >= 0.3 is 0 Å². The highest BCUT2D eigenvalue weighted by atomic mass is 16.5. The van der Waals surface area contributed by atoms with Crippen LogP contribution in [0.3, 0.4) is 0 Å². The van der Waals surface area contributed by atoms with Crippen LogP contribution in [0.25, 0.3) is 10.9 Å². The minimum atomic E-state index is -0.264. The van der Waals surface area contributed by atoms with E-state index < -0.39 is 0 Å². The molecule has 0 bridgehead atoms. The third-order valence-corrected chi connectivity index (χ3v) is 4.27. The molecule has 26 heavy (non-hydrogen) atoms. The van der Waals surface area contributed by atoms with E-state index in [1.165, 1.54) is 10.9 Å². The van der Waals surface area contributed by atoms with E-state index in [-0.39, 0.29) is 24.1 Å². The summed E-state index contributed by atoms with van der Waals surface area (Å²) >= 11 is 0. The van der Waals surface area contributed by atoms with E-state index in [0.29, 0.717) is 16.7 Å². The fraction of sp³-hybridized carbons (Fsp3) is 0.250. The third kappa shape index (κ3) is 3.59. The molecule has 0 saturated heterocycles. The zero-order valence-corrected chi connectivity index (χ0v) is 15.0. The van der Waals surface area contributed by atoms with Crippen molar-refractivity contribution in [3.63, 3.8) is 0 Å². The van der Waals surface area contributed by atoms with E-state index in [1.54, 1.807) is 25.3 Å². The predicted octanol–water partition coefficient (Wildman–Crippen LogP) is 2.59. The number of hydrogen-bond donors (Lipinski definition) is 1. The molecular weight excluding hydrogens is 330 g/mol. The zero-order chi connectivity index (χ0) is 18.7. The van der Waals surface area contributed by atoms with Crippen LogP contribution in [0.15, 0.2) is 53.6 Å². The zero-order valence-electron chi connectivity index (χ0n) is 15.0. The number of para-hydroxylation sites is 1. The van der Waals surface area contributed by atoms with Crippen molar-refractivity contribution < 1.29 is 9.53 Å². The number of fused-ring (bicyclic) bond motifs is 1. The Morgan fingerprint density at radius 1 is 1.27 bits per heavy atom. The summed E-state index contributed by atoms with van der Waals surface area (Å²) in [5.41, 5.74) is 2.36. The van der Waals surface area contributed by atoms with Gasteiger partial charge in [0.1, 0.15) is 12.3 Å². The Bertz CT molecular complexity index is 1010. The van der Waals surface area contributed by atoms with Gasteiger partial charge in [0.2, 0.25) is 5.91 Å². The van der Waals surface area contributed by atoms with E-state index in [2.05, 4.69) is 10.3 Å². The number of nitrogens with one attached hydrogen (secondary N) is 1. The largest absolute Gasteiger partial charge is 0.496 e. The highest BCUT2D eigenvalue weighted by Gasteiger charge is 2.15. The minimum absolute atomic E-state index is 0.0882. The second-order valence-electron chi connectivity index (χ2n) is 6.23. The molecule has 1 heterocycles. The van der Waals surface area contributed by atoms with Crippen molar-refractivity contribution in [1.29, 1.82) is 0 Å². The first-order chi connectivity index (χ1) is 12.5. The van der Waals surface area contributed by atoms with Crippen molar-refractivity contribution in [2.24, 2.45) is 0 Å². The van der Waals surface area contributed by atoms with E-state index in [0.717, 1.165) is 11.1 Å². The lowest BCUT2D eigenvalue weighted by molar-refractivity contribution is -0.122. The van der Waals surface area contributed by atoms with E-state index in [4.69, 9.17) is 4.74 Å². The minimum Gasteiger partial charge on any atom is -0.496 e. The summed E-state index contributed by atoms with van der Waals surface area (Å²) in [6.45, 7) is 3.78. The molecule has 6 heteroatoms. The molecule has 0 fully saturated rings. The van der Waals surface area contributed by atoms with Crippen LogP contribution >= 0.6 is 0 Å². The molecule has 3 rings (SSSR count). The molecule has 1 aromatic heterocycles. The van der Waals surface area contributed by atoms with Gasteiger partial charge in [0, 0.05) is 5.56 Å². The lowest BCUT2D eigenvalue weighted by Crippen LogP contribution is -2.34. The second-order valence-corrected chi connectivity index (χ2v) is 6.23. The van der Waals surface area contributed by atoms with Crippen LogP contribution in [-0.4, -0.2) is 22.6 Å². The Morgan fingerprint density at radius 3 is 2.81 bits per heavy atom. The maximum absolute atomic E-state index is 12.5. The van der Waals surface area contributed by atoms with Gasteiger partial charge in [-0.05, 0) is 32.0 Å². The van der Waals surface area contributed by atoms with Gasteiger partial charge in [-0.2, -0.15) is 0 Å². The van der Waals surface area contributed by atoms with Crippen LogP contribution in [0.4, 0.5) is 0 Å². The van der Waals surface area contributed by atoms with E-state index in [1.807, 2.05) is 38.1 Å². The summed E-state index contributed by atoms with van der Waals surface area (Å²) in [7, 11) is 1.60. The molecule has 3 aromatic rings. The number of rotatable bonds is 5. The van der Waals surface area contributed by atoms with Crippen molar-refractivity contribution in [3.05, 3.63) is 70.3 Å². The van der Waals surface area contributed by atoms with Crippen LogP contribution in [0, 0.1) is 6.92 Å². The lowest BCUT2D eigenvalue weighted by Gasteiger charge is -2.18. The highest BCUT2D eigenvalue weighted by Crippen LogP contribution is 2.25. The van der Waals surface area contributed by atoms with Gasteiger partial charge in [0.25, 0.3) is 5.56 Å². The smallest absolute Gasteiger partial charge is 0.261 e. The van der Waals surface area contributed by atoms with Gasteiger partial charge in [-0.1, -0.05) is 29.8 Å². The monoisotopic (exact) mass is 351 g/mol. The SMILES string of the molecule is COc1ccc(C)cc1[C@H](C)NC(=O)Cn1cnc2ccccc2c1=O. The fourth-order valence-corrected chi connectivity index (χ4v) is 2.93. The molecule has 134 valence electrons. The molecule has 1 atom stereocenters. The van der Waals surface area contributed by atoms with Crippen molar-refractivity contribution in [2.45, 2.75) is 26.4 Å². The second kappa shape index (κ2) is 7.39. The summed E-state index contributed by atoms with van der Waals surface area (Å²) < 4.78 is 6.69. The fourth-order valence-electron chi connectivity index (χ4n) is 2.93. The molecule has 0 saturated carbocycles. The van der Waals surface area contributed by atoms with Gasteiger partial charge < -0.3 is 10.1 Å². The molecule has 0 unspecified atom stereocenters. The number of nitrogens with zero attached hydrogens (tertiary/aromatic N) is 2. The summed E-state index contributed by atoms with van der Waals surface area (Å²) in [4.78, 5) is 29.2. The van der Waals surface area contributed by atoms with Crippen molar-refractivity contribution >= 4 is 16.8 Å². The normalized spacial score (nSPS) is 12.0. The summed E-state index contributed by atoms with van der Waals surface area (Å²) in [5.74, 6) is 0.452. The number of aromatic nitrogens is 2. The van der Waals surface area contributed by atoms with Crippen LogP contribution < -0.4 is 15.6 Å². The quantitative estimate of drug-likeness (QED) is 0.767. The van der Waals surface area contributed by atoms with Gasteiger partial charge in [-0.25, -0.2) is 4.98 Å². The molecule has 6 nitrogen and oxygen atoms in total. The molecule has 1 amide bonds. The van der Waals surface area contributed by atoms with Crippen molar-refractivity contribution in [3.8, 4) is 5.75 Å². The van der Waals surface area contributed by atoms with E-state index >= 15 is 0 Å². The molecule has 2 aromatic carbocycles. The van der Waals surface area contributed by atoms with Crippen LogP contribution in [0.5, 0.6) is 5.75 Å². The molecule has 0 aliphatic rings. The van der Waals surface area contributed by atoms with Gasteiger partial charge in [0.05, 0.1) is 30.4 Å². The van der Waals surface area contributed by atoms with Crippen LogP contribution in [-0.2, 0) is 11.3 Å².